The van der Waals surface area contributed by atoms with E-state index in [0.717, 1.165) is 24.1 Å². The quantitative estimate of drug-likeness (QED) is 0.690. The average Bonchev–Trinajstić information content (AvgIpc) is 2.70. The predicted octanol–water partition coefficient (Wildman–Crippen LogP) is 2.16. The van der Waals surface area contributed by atoms with Gasteiger partial charge in [0.15, 0.2) is 18.1 Å². The summed E-state index contributed by atoms with van der Waals surface area (Å²) in [6.45, 7) is 0.249. The number of benzene rings is 2. The molecule has 0 radical (unpaired) electrons. The third-order valence-corrected chi connectivity index (χ3v) is 4.60. The van der Waals surface area contributed by atoms with Crippen molar-refractivity contribution in [2.45, 2.75) is 12.8 Å². The van der Waals surface area contributed by atoms with Gasteiger partial charge in [0.2, 0.25) is 5.75 Å². The van der Waals surface area contributed by atoms with Gasteiger partial charge in [-0.05, 0) is 42.7 Å². The van der Waals surface area contributed by atoms with E-state index in [0.29, 0.717) is 17.8 Å². The number of amides is 2. The number of nitrogen functional groups attached to an aromatic ring is 1. The zero-order chi connectivity index (χ0) is 20.3. The lowest BCUT2D eigenvalue weighted by atomic mass is 9.99. The van der Waals surface area contributed by atoms with Gasteiger partial charge in [0, 0.05) is 23.5 Å². The maximum absolute atomic E-state index is 13.2. The second-order valence-corrected chi connectivity index (χ2v) is 6.37. The summed E-state index contributed by atoms with van der Waals surface area (Å²) in [7, 11) is 2.88. The smallest absolute Gasteiger partial charge is 0.258 e. The van der Waals surface area contributed by atoms with E-state index >= 15 is 0 Å². The van der Waals surface area contributed by atoms with Gasteiger partial charge >= 0.3 is 0 Å². The summed E-state index contributed by atoms with van der Waals surface area (Å²) in [4.78, 5) is 26.0. The van der Waals surface area contributed by atoms with Crippen LogP contribution in [-0.4, -0.2) is 39.2 Å². The van der Waals surface area contributed by atoms with Crippen molar-refractivity contribution in [3.8, 4) is 17.2 Å². The third kappa shape index (κ3) is 4.48. The van der Waals surface area contributed by atoms with E-state index in [1.165, 1.54) is 14.2 Å². The van der Waals surface area contributed by atoms with Crippen molar-refractivity contribution in [1.82, 2.24) is 0 Å². The van der Waals surface area contributed by atoms with Crippen molar-refractivity contribution in [1.29, 1.82) is 0 Å². The summed E-state index contributed by atoms with van der Waals surface area (Å²) in [5.41, 5.74) is 14.1. The Kier molecular flexibility index (Phi) is 7.17. The Morgan fingerprint density at radius 1 is 1.14 bits per heavy atom. The van der Waals surface area contributed by atoms with E-state index in [4.69, 9.17) is 25.7 Å². The monoisotopic (exact) mass is 421 g/mol. The Morgan fingerprint density at radius 3 is 2.38 bits per heavy atom. The van der Waals surface area contributed by atoms with E-state index in [2.05, 4.69) is 0 Å². The summed E-state index contributed by atoms with van der Waals surface area (Å²) in [6, 6.07) is 8.68. The lowest BCUT2D eigenvalue weighted by molar-refractivity contribution is -0.120. The maximum atomic E-state index is 13.2. The summed E-state index contributed by atoms with van der Waals surface area (Å²) < 4.78 is 16.1. The van der Waals surface area contributed by atoms with Gasteiger partial charge in [0.05, 0.1) is 14.2 Å². The molecule has 156 valence electrons. The molecule has 1 heterocycles. The fourth-order valence-electron chi connectivity index (χ4n) is 3.31. The minimum atomic E-state index is -0.633. The number of nitrogens with zero attached hydrogens (tertiary/aromatic N) is 1. The van der Waals surface area contributed by atoms with E-state index in [1.807, 2.05) is 18.2 Å². The van der Waals surface area contributed by atoms with Crippen LogP contribution in [0.3, 0.4) is 0 Å². The van der Waals surface area contributed by atoms with Gasteiger partial charge in [0.1, 0.15) is 0 Å². The number of carbonyl (C=O) groups is 2. The van der Waals surface area contributed by atoms with Crippen LogP contribution in [0.2, 0.25) is 0 Å². The Morgan fingerprint density at radius 2 is 1.79 bits per heavy atom. The standard InChI is InChI=1S/C20H23N3O5.ClH/c1-26-16-9-12(10-17(27-2)19(16)28-11-18(22)24)20(25)23-8-4-5-13-14(21)6-3-7-15(13)23;/h3,6-7,9-10H,4-5,8,11,21H2,1-2H3,(H2,22,24);1H. The highest BCUT2D eigenvalue weighted by atomic mass is 35.5. The van der Waals surface area contributed by atoms with Crippen molar-refractivity contribution in [2.75, 3.05) is 38.0 Å². The third-order valence-electron chi connectivity index (χ3n) is 4.60. The SMILES string of the molecule is COc1cc(C(=O)N2CCCc3c(N)cccc32)cc(OC)c1OCC(N)=O.Cl. The molecule has 29 heavy (non-hydrogen) atoms. The lowest BCUT2D eigenvalue weighted by Gasteiger charge is -2.30. The van der Waals surface area contributed by atoms with Crippen molar-refractivity contribution in [3.63, 3.8) is 0 Å². The van der Waals surface area contributed by atoms with Crippen LogP contribution in [0, 0.1) is 0 Å². The summed E-state index contributed by atoms with van der Waals surface area (Å²) in [5.74, 6) is -0.0810. The second kappa shape index (κ2) is 9.38. The molecular formula is C20H24ClN3O5. The highest BCUT2D eigenvalue weighted by molar-refractivity contribution is 6.07. The van der Waals surface area contributed by atoms with Gasteiger partial charge in [-0.3, -0.25) is 9.59 Å². The average molecular weight is 422 g/mol. The summed E-state index contributed by atoms with van der Waals surface area (Å²) in [6.07, 6.45) is 1.65. The molecule has 8 nitrogen and oxygen atoms in total. The number of rotatable bonds is 6. The molecule has 0 atom stereocenters. The number of methoxy groups -OCH3 is 2. The number of carbonyl (C=O) groups excluding carboxylic acids is 2. The molecule has 0 aliphatic carbocycles. The molecule has 9 heteroatoms. The largest absolute Gasteiger partial charge is 0.493 e. The normalized spacial score (nSPS) is 12.4. The van der Waals surface area contributed by atoms with Crippen LogP contribution in [0.25, 0.3) is 0 Å². The number of nitrogens with two attached hydrogens (primary N) is 2. The second-order valence-electron chi connectivity index (χ2n) is 6.37. The molecule has 0 saturated heterocycles. The molecule has 2 aromatic carbocycles. The molecule has 2 aromatic rings. The molecule has 0 aromatic heterocycles. The molecule has 3 rings (SSSR count). The van der Waals surface area contributed by atoms with Crippen molar-refractivity contribution in [3.05, 3.63) is 41.5 Å². The van der Waals surface area contributed by atoms with E-state index in [9.17, 15) is 9.59 Å². The number of primary amides is 1. The van der Waals surface area contributed by atoms with Gasteiger partial charge in [-0.2, -0.15) is 0 Å². The van der Waals surface area contributed by atoms with Gasteiger partial charge in [0.25, 0.3) is 11.8 Å². The Labute approximate surface area is 175 Å². The van der Waals surface area contributed by atoms with Crippen LogP contribution in [-0.2, 0) is 11.2 Å². The minimum Gasteiger partial charge on any atom is -0.493 e. The van der Waals surface area contributed by atoms with E-state index in [-0.39, 0.29) is 42.2 Å². The highest BCUT2D eigenvalue weighted by Crippen LogP contribution is 2.40. The first-order valence-corrected chi connectivity index (χ1v) is 8.82. The number of halogens is 1. The van der Waals surface area contributed by atoms with Crippen molar-refractivity contribution >= 4 is 35.6 Å². The number of fused-ring (bicyclic) bond motifs is 1. The first-order chi connectivity index (χ1) is 13.5. The molecule has 1 aliphatic heterocycles. The zero-order valence-corrected chi connectivity index (χ0v) is 17.1. The van der Waals surface area contributed by atoms with Crippen LogP contribution in [0.5, 0.6) is 17.2 Å². The number of ether oxygens (including phenoxy) is 3. The first-order valence-electron chi connectivity index (χ1n) is 8.82. The molecule has 0 unspecified atom stereocenters. The van der Waals surface area contributed by atoms with Gasteiger partial charge < -0.3 is 30.6 Å². The fraction of sp³-hybridized carbons (Fsp3) is 0.300. The topological polar surface area (TPSA) is 117 Å². The minimum absolute atomic E-state index is 0. The van der Waals surface area contributed by atoms with Crippen LogP contribution >= 0.6 is 12.4 Å². The molecule has 4 N–H and O–H groups in total. The van der Waals surface area contributed by atoms with Gasteiger partial charge in [-0.25, -0.2) is 0 Å². The predicted molar refractivity (Wildman–Crippen MR) is 112 cm³/mol. The van der Waals surface area contributed by atoms with Crippen molar-refractivity contribution in [2.24, 2.45) is 5.73 Å². The first kappa shape index (κ1) is 22.2. The molecule has 0 bridgehead atoms. The van der Waals surface area contributed by atoms with E-state index < -0.39 is 5.91 Å². The Bertz CT molecular complexity index is 894. The number of hydrogen-bond acceptors (Lipinski definition) is 6. The molecule has 0 fully saturated rings. The van der Waals surface area contributed by atoms with Gasteiger partial charge in [-0.1, -0.05) is 6.07 Å². The Balaban J connectivity index is 0.00000300. The molecule has 0 spiro atoms. The molecule has 0 saturated carbocycles. The summed E-state index contributed by atoms with van der Waals surface area (Å²) >= 11 is 0. The van der Waals surface area contributed by atoms with Crippen LogP contribution < -0.4 is 30.6 Å². The molecular weight excluding hydrogens is 398 g/mol. The highest BCUT2D eigenvalue weighted by Gasteiger charge is 2.27. The van der Waals surface area contributed by atoms with Crippen LogP contribution in [0.15, 0.2) is 30.3 Å². The van der Waals surface area contributed by atoms with Crippen LogP contribution in [0.4, 0.5) is 11.4 Å². The Hall–Kier alpha value is -3.13. The molecule has 1 aliphatic rings. The fourth-order valence-corrected chi connectivity index (χ4v) is 3.31. The maximum Gasteiger partial charge on any atom is 0.258 e. The zero-order valence-electron chi connectivity index (χ0n) is 16.3. The lowest BCUT2D eigenvalue weighted by Crippen LogP contribution is -2.35. The summed E-state index contributed by atoms with van der Waals surface area (Å²) in [5, 5.41) is 0. The number of anilines is 2. The molecule has 2 amide bonds. The van der Waals surface area contributed by atoms with Crippen LogP contribution in [0.1, 0.15) is 22.3 Å². The number of hydrogen-bond donors (Lipinski definition) is 2. The van der Waals surface area contributed by atoms with Gasteiger partial charge in [-0.15, -0.1) is 12.4 Å². The van der Waals surface area contributed by atoms with E-state index in [1.54, 1.807) is 17.0 Å². The van der Waals surface area contributed by atoms with Crippen molar-refractivity contribution < 1.29 is 23.8 Å².